The normalized spacial score (nSPS) is 20.7. The summed E-state index contributed by atoms with van der Waals surface area (Å²) in [6, 6.07) is 9.06. The van der Waals surface area contributed by atoms with Gasteiger partial charge in [0.2, 0.25) is 0 Å². The molecular formula is C19H26N4O. The quantitative estimate of drug-likeness (QED) is 0.938. The fourth-order valence-electron chi connectivity index (χ4n) is 3.91. The highest BCUT2D eigenvalue weighted by molar-refractivity contribution is 6.06. The van der Waals surface area contributed by atoms with Crippen LogP contribution in [-0.4, -0.2) is 76.9 Å². The van der Waals surface area contributed by atoms with Gasteiger partial charge in [-0.2, -0.15) is 0 Å². The van der Waals surface area contributed by atoms with Gasteiger partial charge in [-0.05, 0) is 32.0 Å². The predicted molar refractivity (Wildman–Crippen MR) is 96.3 cm³/mol. The standard InChI is InChI=1S/C19H26N4O/c1-14(2)21-8-10-22(11-9-21)15-12-23(13-15)19(24)17-4-3-5-18-16(17)6-7-20-18/h3-7,14-15,20H,8-13H2,1-2H3. The van der Waals surface area contributed by atoms with E-state index in [1.165, 1.54) is 0 Å². The number of aromatic nitrogens is 1. The second kappa shape index (κ2) is 6.22. The van der Waals surface area contributed by atoms with Crippen LogP contribution in [-0.2, 0) is 0 Å². The zero-order valence-corrected chi connectivity index (χ0v) is 14.5. The van der Waals surface area contributed by atoms with Gasteiger partial charge >= 0.3 is 0 Å². The predicted octanol–water partition coefficient (Wildman–Crippen LogP) is 2.02. The van der Waals surface area contributed by atoms with Gasteiger partial charge in [-0.3, -0.25) is 14.6 Å². The van der Waals surface area contributed by atoms with Crippen LogP contribution in [0.15, 0.2) is 30.5 Å². The molecule has 4 rings (SSSR count). The van der Waals surface area contributed by atoms with Gasteiger partial charge in [0.1, 0.15) is 0 Å². The van der Waals surface area contributed by atoms with Crippen LogP contribution >= 0.6 is 0 Å². The van der Waals surface area contributed by atoms with Gasteiger partial charge in [0.15, 0.2) is 0 Å². The molecule has 0 radical (unpaired) electrons. The zero-order chi connectivity index (χ0) is 16.7. The van der Waals surface area contributed by atoms with Gasteiger partial charge < -0.3 is 9.88 Å². The van der Waals surface area contributed by atoms with Crippen molar-refractivity contribution in [2.75, 3.05) is 39.3 Å². The number of fused-ring (bicyclic) bond motifs is 1. The van der Waals surface area contributed by atoms with E-state index in [1.54, 1.807) is 0 Å². The van der Waals surface area contributed by atoms with E-state index in [9.17, 15) is 4.79 Å². The number of piperazine rings is 1. The van der Waals surface area contributed by atoms with Crippen LogP contribution in [0.25, 0.3) is 10.9 Å². The maximum absolute atomic E-state index is 12.8. The summed E-state index contributed by atoms with van der Waals surface area (Å²) in [5, 5.41) is 1.02. The summed E-state index contributed by atoms with van der Waals surface area (Å²) in [6.45, 7) is 10.8. The molecule has 0 spiro atoms. The van der Waals surface area contributed by atoms with Gasteiger partial charge in [-0.1, -0.05) is 6.07 Å². The first-order chi connectivity index (χ1) is 11.6. The van der Waals surface area contributed by atoms with E-state index in [2.05, 4.69) is 28.6 Å². The Bertz CT molecular complexity index is 724. The number of benzene rings is 1. The van der Waals surface area contributed by atoms with Crippen LogP contribution in [0.1, 0.15) is 24.2 Å². The van der Waals surface area contributed by atoms with Crippen molar-refractivity contribution in [3.05, 3.63) is 36.0 Å². The minimum Gasteiger partial charge on any atom is -0.361 e. The maximum Gasteiger partial charge on any atom is 0.254 e. The van der Waals surface area contributed by atoms with Crippen molar-refractivity contribution in [1.29, 1.82) is 0 Å². The fraction of sp³-hybridized carbons (Fsp3) is 0.526. The molecule has 2 aliphatic rings. The topological polar surface area (TPSA) is 42.6 Å². The third-order valence-electron chi connectivity index (χ3n) is 5.57. The van der Waals surface area contributed by atoms with E-state index in [0.29, 0.717) is 12.1 Å². The number of carbonyl (C=O) groups is 1. The van der Waals surface area contributed by atoms with E-state index in [-0.39, 0.29) is 5.91 Å². The number of nitrogens with one attached hydrogen (secondary N) is 1. The van der Waals surface area contributed by atoms with Crippen LogP contribution < -0.4 is 0 Å². The summed E-state index contributed by atoms with van der Waals surface area (Å²) in [6.07, 6.45) is 1.90. The lowest BCUT2D eigenvalue weighted by Gasteiger charge is -2.48. The molecule has 5 heteroatoms. The molecule has 2 aliphatic heterocycles. The lowest BCUT2D eigenvalue weighted by atomic mass is 10.0. The molecule has 0 unspecified atom stereocenters. The average Bonchev–Trinajstić information content (AvgIpc) is 3.02. The SMILES string of the molecule is CC(C)N1CCN(C2CN(C(=O)c3cccc4[nH]ccc34)C2)CC1. The van der Waals surface area contributed by atoms with Gasteiger partial charge in [0.05, 0.1) is 0 Å². The first-order valence-corrected chi connectivity index (χ1v) is 8.97. The number of rotatable bonds is 3. The molecule has 2 fully saturated rings. The van der Waals surface area contributed by atoms with Crippen molar-refractivity contribution in [2.24, 2.45) is 0 Å². The Morgan fingerprint density at radius 2 is 1.88 bits per heavy atom. The van der Waals surface area contributed by atoms with Crippen LogP contribution in [0.5, 0.6) is 0 Å². The molecule has 1 aromatic heterocycles. The van der Waals surface area contributed by atoms with Gasteiger partial charge in [-0.25, -0.2) is 0 Å². The molecule has 24 heavy (non-hydrogen) atoms. The lowest BCUT2D eigenvalue weighted by molar-refractivity contribution is 0.00327. The minimum absolute atomic E-state index is 0.164. The summed E-state index contributed by atoms with van der Waals surface area (Å²) in [5.74, 6) is 0.164. The molecule has 1 amide bonds. The van der Waals surface area contributed by atoms with Crippen molar-refractivity contribution in [1.82, 2.24) is 19.7 Å². The molecular weight excluding hydrogens is 300 g/mol. The Kier molecular flexibility index (Phi) is 4.06. The third-order valence-corrected chi connectivity index (χ3v) is 5.57. The average molecular weight is 326 g/mol. The van der Waals surface area contributed by atoms with Crippen molar-refractivity contribution < 1.29 is 4.79 Å². The molecule has 0 bridgehead atoms. The summed E-state index contributed by atoms with van der Waals surface area (Å²) in [4.78, 5) is 23.0. The summed E-state index contributed by atoms with van der Waals surface area (Å²) >= 11 is 0. The van der Waals surface area contributed by atoms with E-state index in [0.717, 1.165) is 55.7 Å². The van der Waals surface area contributed by atoms with Crippen molar-refractivity contribution in [3.8, 4) is 0 Å². The Morgan fingerprint density at radius 1 is 1.12 bits per heavy atom. The zero-order valence-electron chi connectivity index (χ0n) is 14.5. The molecule has 1 aromatic carbocycles. The minimum atomic E-state index is 0.164. The number of nitrogens with zero attached hydrogens (tertiary/aromatic N) is 3. The molecule has 0 saturated carbocycles. The van der Waals surface area contributed by atoms with Crippen LogP contribution in [0, 0.1) is 0 Å². The number of hydrogen-bond acceptors (Lipinski definition) is 3. The highest BCUT2D eigenvalue weighted by atomic mass is 16.2. The lowest BCUT2D eigenvalue weighted by Crippen LogP contribution is -2.64. The molecule has 1 N–H and O–H groups in total. The number of amides is 1. The number of carbonyl (C=O) groups excluding carboxylic acids is 1. The van der Waals surface area contributed by atoms with E-state index in [1.807, 2.05) is 35.4 Å². The van der Waals surface area contributed by atoms with Crippen LogP contribution in [0.2, 0.25) is 0 Å². The number of hydrogen-bond donors (Lipinski definition) is 1. The fourth-order valence-corrected chi connectivity index (χ4v) is 3.91. The molecule has 0 aliphatic carbocycles. The van der Waals surface area contributed by atoms with E-state index in [4.69, 9.17) is 0 Å². The Morgan fingerprint density at radius 3 is 2.58 bits per heavy atom. The third kappa shape index (κ3) is 2.72. The first kappa shape index (κ1) is 15.7. The molecule has 128 valence electrons. The van der Waals surface area contributed by atoms with Gasteiger partial charge in [0, 0.05) is 74.0 Å². The summed E-state index contributed by atoms with van der Waals surface area (Å²) in [7, 11) is 0. The van der Waals surface area contributed by atoms with Crippen molar-refractivity contribution >= 4 is 16.8 Å². The second-order valence-corrected chi connectivity index (χ2v) is 7.27. The van der Waals surface area contributed by atoms with Crippen LogP contribution in [0.3, 0.4) is 0 Å². The van der Waals surface area contributed by atoms with E-state index < -0.39 is 0 Å². The molecule has 3 heterocycles. The van der Waals surface area contributed by atoms with Crippen molar-refractivity contribution in [3.63, 3.8) is 0 Å². The van der Waals surface area contributed by atoms with Crippen LogP contribution in [0.4, 0.5) is 0 Å². The highest BCUT2D eigenvalue weighted by Gasteiger charge is 2.36. The monoisotopic (exact) mass is 326 g/mol. The second-order valence-electron chi connectivity index (χ2n) is 7.27. The van der Waals surface area contributed by atoms with Crippen molar-refractivity contribution in [2.45, 2.75) is 25.9 Å². The summed E-state index contributed by atoms with van der Waals surface area (Å²) in [5.41, 5.74) is 1.85. The Labute approximate surface area is 143 Å². The smallest absolute Gasteiger partial charge is 0.254 e. The number of aromatic amines is 1. The van der Waals surface area contributed by atoms with Gasteiger partial charge in [-0.15, -0.1) is 0 Å². The molecule has 2 saturated heterocycles. The molecule has 2 aromatic rings. The maximum atomic E-state index is 12.8. The van der Waals surface area contributed by atoms with Gasteiger partial charge in [0.25, 0.3) is 5.91 Å². The number of likely N-dealkylation sites (tertiary alicyclic amines) is 1. The summed E-state index contributed by atoms with van der Waals surface area (Å²) < 4.78 is 0. The highest BCUT2D eigenvalue weighted by Crippen LogP contribution is 2.24. The van der Waals surface area contributed by atoms with E-state index >= 15 is 0 Å². The number of H-pyrrole nitrogens is 1. The Balaban J connectivity index is 1.36. The first-order valence-electron chi connectivity index (χ1n) is 8.97. The molecule has 5 nitrogen and oxygen atoms in total. The Hall–Kier alpha value is -1.85. The largest absolute Gasteiger partial charge is 0.361 e. The molecule has 0 atom stereocenters.